The minimum Gasteiger partial charge on any atom is -0.494 e. The number of methoxy groups -OCH3 is 1. The van der Waals surface area contributed by atoms with Crippen LogP contribution >= 0.6 is 0 Å². The van der Waals surface area contributed by atoms with Gasteiger partial charge in [0.05, 0.1) is 29.2 Å². The number of carbonyl (C=O) groups is 1. The third kappa shape index (κ3) is 4.99. The smallest absolute Gasteiger partial charge is 0.266 e. The van der Waals surface area contributed by atoms with Gasteiger partial charge in [0.1, 0.15) is 11.6 Å². The summed E-state index contributed by atoms with van der Waals surface area (Å²) in [5, 5.41) is 0.536. The van der Waals surface area contributed by atoms with Gasteiger partial charge in [-0.05, 0) is 56.2 Å². The summed E-state index contributed by atoms with van der Waals surface area (Å²) < 4.78 is 12.3. The maximum absolute atomic E-state index is 13.6. The molecule has 0 radical (unpaired) electrons. The lowest BCUT2D eigenvalue weighted by atomic mass is 10.1. The molecule has 1 heterocycles. The molecule has 3 rings (SSSR count). The first-order valence-corrected chi connectivity index (χ1v) is 11.0. The van der Waals surface area contributed by atoms with Crippen molar-refractivity contribution in [1.29, 1.82) is 0 Å². The Morgan fingerprint density at radius 3 is 2.47 bits per heavy atom. The summed E-state index contributed by atoms with van der Waals surface area (Å²) in [7, 11) is 1.64. The van der Waals surface area contributed by atoms with E-state index in [0.29, 0.717) is 55.0 Å². The fourth-order valence-corrected chi connectivity index (χ4v) is 3.94. The van der Waals surface area contributed by atoms with Gasteiger partial charge in [-0.3, -0.25) is 14.2 Å². The second kappa shape index (κ2) is 10.9. The van der Waals surface area contributed by atoms with Crippen molar-refractivity contribution in [3.63, 3.8) is 0 Å². The summed E-state index contributed by atoms with van der Waals surface area (Å²) in [5.74, 6) is 1.22. The minimum atomic E-state index is -0.353. The van der Waals surface area contributed by atoms with Crippen molar-refractivity contribution in [3.05, 3.63) is 64.7 Å². The Kier molecular flexibility index (Phi) is 8.00. The quantitative estimate of drug-likeness (QED) is 0.446. The Morgan fingerprint density at radius 1 is 1.12 bits per heavy atom. The van der Waals surface area contributed by atoms with Gasteiger partial charge in [-0.25, -0.2) is 4.98 Å². The normalized spacial score (nSPS) is 12.0. The Hall–Kier alpha value is -3.19. The number of para-hydroxylation sites is 1. The van der Waals surface area contributed by atoms with Crippen LogP contribution in [0, 0.1) is 0 Å². The van der Waals surface area contributed by atoms with E-state index in [-0.39, 0.29) is 17.5 Å². The topological polar surface area (TPSA) is 73.7 Å². The summed E-state index contributed by atoms with van der Waals surface area (Å²) in [6.45, 7) is 7.12. The Labute approximate surface area is 188 Å². The predicted molar refractivity (Wildman–Crippen MR) is 125 cm³/mol. The number of benzene rings is 2. The molecule has 0 saturated carbocycles. The second-order valence-corrected chi connectivity index (χ2v) is 7.54. The molecule has 0 aliphatic rings. The highest BCUT2D eigenvalue weighted by atomic mass is 16.5. The van der Waals surface area contributed by atoms with Gasteiger partial charge in [-0.15, -0.1) is 0 Å². The van der Waals surface area contributed by atoms with Gasteiger partial charge in [0.25, 0.3) is 5.56 Å². The van der Waals surface area contributed by atoms with Gasteiger partial charge in [-0.1, -0.05) is 19.1 Å². The highest BCUT2D eigenvalue weighted by molar-refractivity contribution is 5.78. The molecule has 1 aromatic heterocycles. The van der Waals surface area contributed by atoms with Crippen molar-refractivity contribution in [2.45, 2.75) is 39.7 Å². The van der Waals surface area contributed by atoms with Crippen molar-refractivity contribution < 1.29 is 14.3 Å². The van der Waals surface area contributed by atoms with Crippen LogP contribution in [0.2, 0.25) is 0 Å². The molecule has 7 heteroatoms. The number of aromatic nitrogens is 2. The van der Waals surface area contributed by atoms with E-state index in [9.17, 15) is 9.59 Å². The van der Waals surface area contributed by atoms with Crippen LogP contribution in [0.5, 0.6) is 5.75 Å². The largest absolute Gasteiger partial charge is 0.494 e. The fourth-order valence-electron chi connectivity index (χ4n) is 3.94. The van der Waals surface area contributed by atoms with Gasteiger partial charge in [0.15, 0.2) is 0 Å². The van der Waals surface area contributed by atoms with Crippen LogP contribution in [0.15, 0.2) is 53.3 Å². The fraction of sp³-hybridized carbons (Fsp3) is 0.400. The van der Waals surface area contributed by atoms with Crippen molar-refractivity contribution in [2.75, 3.05) is 26.9 Å². The molecule has 32 heavy (non-hydrogen) atoms. The monoisotopic (exact) mass is 437 g/mol. The number of ether oxygens (including phenoxy) is 2. The van der Waals surface area contributed by atoms with Crippen molar-refractivity contribution >= 4 is 16.8 Å². The molecule has 3 aromatic rings. The third-order valence-electron chi connectivity index (χ3n) is 5.42. The maximum atomic E-state index is 13.6. The standard InChI is InChI=1S/C25H31N3O4/c1-5-23(27(18(3)29)16-9-17-31-4)24-26-22-11-8-7-10-21(22)25(30)28(24)19-12-14-20(15-13-19)32-6-2/h7-8,10-15,23H,5-6,9,16-17H2,1-4H3. The maximum Gasteiger partial charge on any atom is 0.266 e. The first-order valence-electron chi connectivity index (χ1n) is 11.0. The van der Waals surface area contributed by atoms with E-state index in [1.165, 1.54) is 0 Å². The highest BCUT2D eigenvalue weighted by Crippen LogP contribution is 2.27. The molecule has 1 amide bonds. The van der Waals surface area contributed by atoms with Gasteiger partial charge < -0.3 is 14.4 Å². The van der Waals surface area contributed by atoms with Crippen LogP contribution in [0.1, 0.15) is 45.5 Å². The lowest BCUT2D eigenvalue weighted by Crippen LogP contribution is -2.38. The highest BCUT2D eigenvalue weighted by Gasteiger charge is 2.27. The zero-order chi connectivity index (χ0) is 23.1. The number of hydrogen-bond acceptors (Lipinski definition) is 5. The molecule has 2 aromatic carbocycles. The Bertz CT molecular complexity index is 1110. The number of fused-ring (bicyclic) bond motifs is 1. The molecular weight excluding hydrogens is 406 g/mol. The van der Waals surface area contributed by atoms with Gasteiger partial charge >= 0.3 is 0 Å². The van der Waals surface area contributed by atoms with Gasteiger partial charge in [0.2, 0.25) is 5.91 Å². The molecular formula is C25H31N3O4. The lowest BCUT2D eigenvalue weighted by Gasteiger charge is -2.31. The summed E-state index contributed by atoms with van der Waals surface area (Å²) in [6.07, 6.45) is 1.32. The van der Waals surface area contributed by atoms with Gasteiger partial charge in [-0.2, -0.15) is 0 Å². The summed E-state index contributed by atoms with van der Waals surface area (Å²) in [4.78, 5) is 32.8. The SMILES string of the molecule is CCOc1ccc(-n2c(C(CC)N(CCCOC)C(C)=O)nc3ccccc3c2=O)cc1. The number of amides is 1. The molecule has 0 aliphatic carbocycles. The van der Waals surface area contributed by atoms with E-state index < -0.39 is 0 Å². The molecule has 7 nitrogen and oxygen atoms in total. The van der Waals surface area contributed by atoms with E-state index >= 15 is 0 Å². The summed E-state index contributed by atoms with van der Waals surface area (Å²) in [6, 6.07) is 14.3. The zero-order valence-electron chi connectivity index (χ0n) is 19.2. The average Bonchev–Trinajstić information content (AvgIpc) is 2.79. The van der Waals surface area contributed by atoms with Crippen LogP contribution in [0.3, 0.4) is 0 Å². The number of nitrogens with zero attached hydrogens (tertiary/aromatic N) is 3. The number of hydrogen-bond donors (Lipinski definition) is 0. The molecule has 0 bridgehead atoms. The molecule has 0 saturated heterocycles. The first-order chi connectivity index (χ1) is 15.5. The third-order valence-corrected chi connectivity index (χ3v) is 5.42. The van der Waals surface area contributed by atoms with E-state index in [2.05, 4.69) is 0 Å². The van der Waals surface area contributed by atoms with E-state index in [4.69, 9.17) is 14.5 Å². The predicted octanol–water partition coefficient (Wildman–Crippen LogP) is 4.12. The summed E-state index contributed by atoms with van der Waals surface area (Å²) >= 11 is 0. The van der Waals surface area contributed by atoms with Crippen LogP contribution in [0.4, 0.5) is 0 Å². The van der Waals surface area contributed by atoms with E-state index in [1.807, 2.05) is 56.3 Å². The van der Waals surface area contributed by atoms with E-state index in [1.54, 1.807) is 29.6 Å². The number of carbonyl (C=O) groups excluding carboxylic acids is 1. The molecule has 0 fully saturated rings. The second-order valence-electron chi connectivity index (χ2n) is 7.54. The van der Waals surface area contributed by atoms with Crippen molar-refractivity contribution in [1.82, 2.24) is 14.5 Å². The zero-order valence-corrected chi connectivity index (χ0v) is 19.2. The lowest BCUT2D eigenvalue weighted by molar-refractivity contribution is -0.131. The molecule has 1 unspecified atom stereocenters. The molecule has 1 atom stereocenters. The summed E-state index contributed by atoms with van der Waals surface area (Å²) in [5.41, 5.74) is 1.15. The Balaban J connectivity index is 2.20. The molecule has 170 valence electrons. The van der Waals surface area contributed by atoms with Crippen LogP contribution in [-0.4, -0.2) is 47.2 Å². The van der Waals surface area contributed by atoms with Gasteiger partial charge in [0, 0.05) is 27.2 Å². The Morgan fingerprint density at radius 2 is 1.84 bits per heavy atom. The van der Waals surface area contributed by atoms with Crippen LogP contribution in [-0.2, 0) is 9.53 Å². The van der Waals surface area contributed by atoms with E-state index in [0.717, 1.165) is 5.75 Å². The molecule has 0 N–H and O–H groups in total. The first kappa shape index (κ1) is 23.5. The van der Waals surface area contributed by atoms with Crippen LogP contribution in [0.25, 0.3) is 16.6 Å². The average molecular weight is 438 g/mol. The van der Waals surface area contributed by atoms with Crippen molar-refractivity contribution in [3.8, 4) is 11.4 Å². The molecule has 0 aliphatic heterocycles. The molecule has 0 spiro atoms. The van der Waals surface area contributed by atoms with Crippen LogP contribution < -0.4 is 10.3 Å². The number of rotatable bonds is 10. The minimum absolute atomic E-state index is 0.0615. The van der Waals surface area contributed by atoms with Crippen molar-refractivity contribution in [2.24, 2.45) is 0 Å².